The number of aryl methyl sites for hydroxylation is 1. The van der Waals surface area contributed by atoms with Crippen LogP contribution in [0.15, 0.2) is 45.3 Å². The molecule has 0 aliphatic heterocycles. The third-order valence-electron chi connectivity index (χ3n) is 5.64. The molecule has 1 aromatic carbocycles. The Balaban J connectivity index is 1.70. The minimum atomic E-state index is -0.522. The molecule has 0 aliphatic carbocycles. The molecular weight excluding hydrogens is 440 g/mol. The van der Waals surface area contributed by atoms with E-state index in [0.29, 0.717) is 36.3 Å². The van der Waals surface area contributed by atoms with Crippen molar-refractivity contribution in [3.05, 3.63) is 67.7 Å². The van der Waals surface area contributed by atoms with Crippen LogP contribution in [-0.4, -0.2) is 38.9 Å². The summed E-state index contributed by atoms with van der Waals surface area (Å²) in [6, 6.07) is 9.61. The fourth-order valence-corrected chi connectivity index (χ4v) is 4.53. The van der Waals surface area contributed by atoms with Gasteiger partial charge in [0, 0.05) is 32.6 Å². The van der Waals surface area contributed by atoms with Gasteiger partial charge in [-0.2, -0.15) is 0 Å². The zero-order valence-corrected chi connectivity index (χ0v) is 20.1. The lowest BCUT2D eigenvalue weighted by molar-refractivity contribution is -0.131. The van der Waals surface area contributed by atoms with Gasteiger partial charge in [0.05, 0.1) is 5.52 Å². The largest absolute Gasteiger partial charge is 0.352 e. The first-order chi connectivity index (χ1) is 15.8. The van der Waals surface area contributed by atoms with Crippen LogP contribution in [0.4, 0.5) is 0 Å². The summed E-state index contributed by atoms with van der Waals surface area (Å²) in [4.78, 5) is 52.5. The molecule has 3 rings (SSSR count). The molecule has 0 aliphatic rings. The van der Waals surface area contributed by atoms with Crippen molar-refractivity contribution in [2.24, 2.45) is 0 Å². The lowest BCUT2D eigenvalue weighted by atomic mass is 10.1. The topological polar surface area (TPSA) is 93.4 Å². The lowest BCUT2D eigenvalue weighted by Crippen LogP contribution is -2.43. The number of nitrogens with one attached hydrogen (secondary N) is 1. The number of carbonyl (C=O) groups excluding carboxylic acids is 2. The van der Waals surface area contributed by atoms with Gasteiger partial charge in [0.25, 0.3) is 5.56 Å². The Morgan fingerprint density at radius 2 is 1.73 bits per heavy atom. The van der Waals surface area contributed by atoms with E-state index < -0.39 is 5.69 Å². The Labute approximate surface area is 196 Å². The van der Waals surface area contributed by atoms with Gasteiger partial charge in [-0.05, 0) is 44.2 Å². The van der Waals surface area contributed by atoms with Crippen molar-refractivity contribution in [1.82, 2.24) is 19.4 Å². The minimum Gasteiger partial charge on any atom is -0.352 e. The molecule has 0 atom stereocenters. The number of aromatic nitrogens is 2. The standard InChI is InChI=1S/C24H30N4O4S/c1-4-26(5-2)21(30)16-28-19-12-14-33-22(19)23(31)27(24(28)32)13-6-7-20(29)25-15-18-10-8-17(3)9-11-18/h8-12,14H,4-7,13,15-16H2,1-3H3,(H,25,29). The van der Waals surface area contributed by atoms with E-state index in [1.165, 1.54) is 15.9 Å². The van der Waals surface area contributed by atoms with E-state index in [2.05, 4.69) is 5.32 Å². The maximum atomic E-state index is 13.1. The maximum absolute atomic E-state index is 13.1. The first-order valence-corrected chi connectivity index (χ1v) is 12.0. The molecule has 8 nitrogen and oxygen atoms in total. The van der Waals surface area contributed by atoms with Gasteiger partial charge in [0.15, 0.2) is 0 Å². The van der Waals surface area contributed by atoms with Crippen LogP contribution >= 0.6 is 11.3 Å². The molecule has 1 N–H and O–H groups in total. The van der Waals surface area contributed by atoms with Gasteiger partial charge >= 0.3 is 5.69 Å². The monoisotopic (exact) mass is 470 g/mol. The molecule has 0 unspecified atom stereocenters. The molecular formula is C24H30N4O4S. The molecule has 2 aromatic heterocycles. The summed E-state index contributed by atoms with van der Waals surface area (Å²) in [7, 11) is 0. The van der Waals surface area contributed by atoms with Gasteiger partial charge in [-0.1, -0.05) is 29.8 Å². The Bertz CT molecular complexity index is 1240. The second-order valence-electron chi connectivity index (χ2n) is 7.89. The van der Waals surface area contributed by atoms with E-state index in [4.69, 9.17) is 0 Å². The number of thiophene rings is 1. The highest BCUT2D eigenvalue weighted by molar-refractivity contribution is 7.17. The van der Waals surface area contributed by atoms with Crippen molar-refractivity contribution < 1.29 is 9.59 Å². The number of carbonyl (C=O) groups is 2. The highest BCUT2D eigenvalue weighted by Gasteiger charge is 2.18. The molecule has 0 spiro atoms. The summed E-state index contributed by atoms with van der Waals surface area (Å²) in [5, 5.41) is 4.61. The normalized spacial score (nSPS) is 11.0. The van der Waals surface area contributed by atoms with Gasteiger partial charge in [-0.15, -0.1) is 11.3 Å². The van der Waals surface area contributed by atoms with Gasteiger partial charge in [0.2, 0.25) is 11.8 Å². The molecule has 9 heteroatoms. The summed E-state index contributed by atoms with van der Waals surface area (Å²) in [5.41, 5.74) is 1.74. The van der Waals surface area contributed by atoms with E-state index in [1.54, 1.807) is 16.3 Å². The average Bonchev–Trinajstić information content (AvgIpc) is 3.29. The second kappa shape index (κ2) is 11.1. The molecule has 3 aromatic rings. The number of rotatable bonds is 10. The van der Waals surface area contributed by atoms with Gasteiger partial charge < -0.3 is 10.2 Å². The molecule has 2 amide bonds. The van der Waals surface area contributed by atoms with Gasteiger partial charge in [0.1, 0.15) is 11.2 Å². The van der Waals surface area contributed by atoms with Crippen LogP contribution in [0, 0.1) is 6.92 Å². The second-order valence-corrected chi connectivity index (χ2v) is 8.81. The Morgan fingerprint density at radius 3 is 2.39 bits per heavy atom. The highest BCUT2D eigenvalue weighted by Crippen LogP contribution is 2.15. The van der Waals surface area contributed by atoms with Crippen molar-refractivity contribution in [1.29, 1.82) is 0 Å². The third-order valence-corrected chi connectivity index (χ3v) is 6.53. The van der Waals surface area contributed by atoms with Crippen molar-refractivity contribution in [3.63, 3.8) is 0 Å². The number of amides is 2. The van der Waals surface area contributed by atoms with E-state index in [0.717, 1.165) is 15.7 Å². The Morgan fingerprint density at radius 1 is 1.03 bits per heavy atom. The quantitative estimate of drug-likeness (QED) is 0.493. The van der Waals surface area contributed by atoms with Crippen LogP contribution < -0.4 is 16.6 Å². The van der Waals surface area contributed by atoms with Crippen LogP contribution in [0.5, 0.6) is 0 Å². The summed E-state index contributed by atoms with van der Waals surface area (Å²) in [5.74, 6) is -0.312. The van der Waals surface area contributed by atoms with Gasteiger partial charge in [-0.3, -0.25) is 23.5 Å². The van der Waals surface area contributed by atoms with Crippen molar-refractivity contribution in [2.75, 3.05) is 13.1 Å². The van der Waals surface area contributed by atoms with Crippen LogP contribution in [0.2, 0.25) is 0 Å². The number of hydrogen-bond acceptors (Lipinski definition) is 5. The summed E-state index contributed by atoms with van der Waals surface area (Å²) >= 11 is 1.25. The molecule has 0 bridgehead atoms. The molecule has 0 radical (unpaired) electrons. The third kappa shape index (κ3) is 5.78. The first kappa shape index (κ1) is 24.4. The molecule has 0 fully saturated rings. The predicted molar refractivity (Wildman–Crippen MR) is 131 cm³/mol. The zero-order chi connectivity index (χ0) is 24.0. The zero-order valence-electron chi connectivity index (χ0n) is 19.3. The number of nitrogens with zero attached hydrogens (tertiary/aromatic N) is 3. The first-order valence-electron chi connectivity index (χ1n) is 11.2. The van der Waals surface area contributed by atoms with E-state index in [-0.39, 0.29) is 36.9 Å². The van der Waals surface area contributed by atoms with Crippen molar-refractivity contribution in [2.45, 2.75) is 53.2 Å². The van der Waals surface area contributed by atoms with Crippen LogP contribution in [0.25, 0.3) is 10.2 Å². The lowest BCUT2D eigenvalue weighted by Gasteiger charge is -2.20. The molecule has 0 saturated carbocycles. The number of fused-ring (bicyclic) bond motifs is 1. The maximum Gasteiger partial charge on any atom is 0.332 e. The Kier molecular flexibility index (Phi) is 8.21. The number of benzene rings is 1. The summed E-state index contributed by atoms with van der Waals surface area (Å²) in [6.45, 7) is 7.30. The smallest absolute Gasteiger partial charge is 0.332 e. The van der Waals surface area contributed by atoms with Crippen molar-refractivity contribution in [3.8, 4) is 0 Å². The minimum absolute atomic E-state index is 0.114. The van der Waals surface area contributed by atoms with Crippen LogP contribution in [0.1, 0.15) is 37.8 Å². The summed E-state index contributed by atoms with van der Waals surface area (Å²) in [6.07, 6.45) is 0.536. The number of hydrogen-bond donors (Lipinski definition) is 1. The van der Waals surface area contributed by atoms with E-state index in [9.17, 15) is 19.2 Å². The highest BCUT2D eigenvalue weighted by atomic mass is 32.1. The fourth-order valence-electron chi connectivity index (χ4n) is 3.69. The van der Waals surface area contributed by atoms with Crippen LogP contribution in [0.3, 0.4) is 0 Å². The average molecular weight is 471 g/mol. The van der Waals surface area contributed by atoms with Gasteiger partial charge in [-0.25, -0.2) is 4.79 Å². The molecule has 2 heterocycles. The Hall–Kier alpha value is -3.20. The number of likely N-dealkylation sites (N-methyl/N-ethyl adjacent to an activating group) is 1. The van der Waals surface area contributed by atoms with E-state index in [1.807, 2.05) is 45.0 Å². The molecule has 176 valence electrons. The molecule has 33 heavy (non-hydrogen) atoms. The van der Waals surface area contributed by atoms with Crippen LogP contribution in [-0.2, 0) is 29.2 Å². The van der Waals surface area contributed by atoms with Crippen molar-refractivity contribution >= 4 is 33.4 Å². The molecule has 0 saturated heterocycles. The predicted octanol–water partition coefficient (Wildman–Crippen LogP) is 2.50. The van der Waals surface area contributed by atoms with E-state index >= 15 is 0 Å². The summed E-state index contributed by atoms with van der Waals surface area (Å²) < 4.78 is 2.94. The fraction of sp³-hybridized carbons (Fsp3) is 0.417. The SMILES string of the molecule is CCN(CC)C(=O)Cn1c(=O)n(CCCC(=O)NCc2ccc(C)cc2)c(=O)c2sccc21.